The molecule has 0 unspecified atom stereocenters. The minimum absolute atomic E-state index is 0.0917. The summed E-state index contributed by atoms with van der Waals surface area (Å²) in [6.45, 7) is 0.382. The van der Waals surface area contributed by atoms with E-state index in [-0.39, 0.29) is 24.5 Å². The lowest BCUT2D eigenvalue weighted by molar-refractivity contribution is -0.137. The standard InChI is InChI=1S/C16H19F3N2O2/c17-16(18,19)11-3-1-2-10(6-11)14-7-13(22)8-21(14)9-15(23)20-12-4-5-12/h1-3,6,12-14,22H,4-5,7-9H2,(H,20,23)/t13-,14-/m1/s1. The number of carbonyl (C=O) groups excluding carboxylic acids is 1. The molecule has 0 aromatic heterocycles. The van der Waals surface area contributed by atoms with E-state index in [1.165, 1.54) is 6.07 Å². The second kappa shape index (κ2) is 6.13. The van der Waals surface area contributed by atoms with Gasteiger partial charge < -0.3 is 10.4 Å². The number of β-amino-alcohol motifs (C(OH)–C–C–N with tert-alkyl or cyclic N) is 1. The molecule has 2 atom stereocenters. The molecule has 0 radical (unpaired) electrons. The van der Waals surface area contributed by atoms with Crippen LogP contribution in [0.5, 0.6) is 0 Å². The average molecular weight is 328 g/mol. The summed E-state index contributed by atoms with van der Waals surface area (Å²) in [6.07, 6.45) is -2.75. The Balaban J connectivity index is 1.74. The fraction of sp³-hybridized carbons (Fsp3) is 0.562. The lowest BCUT2D eigenvalue weighted by atomic mass is 10.0. The van der Waals surface area contributed by atoms with Crippen molar-refractivity contribution < 1.29 is 23.1 Å². The Hall–Kier alpha value is -1.60. The highest BCUT2D eigenvalue weighted by Crippen LogP contribution is 2.36. The second-order valence-electron chi connectivity index (χ2n) is 6.30. The highest BCUT2D eigenvalue weighted by Gasteiger charge is 2.36. The first kappa shape index (κ1) is 16.3. The minimum Gasteiger partial charge on any atom is -0.392 e. The molecule has 1 aromatic carbocycles. The Morgan fingerprint density at radius 3 is 2.74 bits per heavy atom. The molecule has 126 valence electrons. The van der Waals surface area contributed by atoms with Gasteiger partial charge in [0.15, 0.2) is 0 Å². The predicted molar refractivity (Wildman–Crippen MR) is 77.5 cm³/mol. The molecule has 23 heavy (non-hydrogen) atoms. The molecule has 2 N–H and O–H groups in total. The van der Waals surface area contributed by atoms with Gasteiger partial charge in [-0.05, 0) is 37.0 Å². The predicted octanol–water partition coefficient (Wildman–Crippen LogP) is 2.09. The molecule has 1 saturated carbocycles. The van der Waals surface area contributed by atoms with Gasteiger partial charge >= 0.3 is 6.18 Å². The summed E-state index contributed by atoms with van der Waals surface area (Å²) in [7, 11) is 0. The number of likely N-dealkylation sites (tertiary alicyclic amines) is 1. The zero-order valence-corrected chi connectivity index (χ0v) is 12.5. The van der Waals surface area contributed by atoms with Crippen LogP contribution in [0.25, 0.3) is 0 Å². The van der Waals surface area contributed by atoms with Gasteiger partial charge in [0.25, 0.3) is 0 Å². The van der Waals surface area contributed by atoms with Crippen LogP contribution >= 0.6 is 0 Å². The molecule has 1 aliphatic carbocycles. The van der Waals surface area contributed by atoms with Crippen molar-refractivity contribution >= 4 is 5.91 Å². The molecule has 1 heterocycles. The molecular weight excluding hydrogens is 309 g/mol. The molecule has 0 spiro atoms. The van der Waals surface area contributed by atoms with E-state index in [2.05, 4.69) is 5.32 Å². The summed E-state index contributed by atoms with van der Waals surface area (Å²) < 4.78 is 38.6. The number of aliphatic hydroxyl groups is 1. The Kier molecular flexibility index (Phi) is 4.33. The van der Waals surface area contributed by atoms with Crippen LogP contribution in [0.1, 0.15) is 36.4 Å². The Bertz CT molecular complexity index is 587. The van der Waals surface area contributed by atoms with Crippen LogP contribution in [0, 0.1) is 0 Å². The van der Waals surface area contributed by atoms with E-state index in [1.54, 1.807) is 11.0 Å². The highest BCUT2D eigenvalue weighted by atomic mass is 19.4. The van der Waals surface area contributed by atoms with E-state index in [0.29, 0.717) is 18.5 Å². The maximum atomic E-state index is 12.9. The maximum Gasteiger partial charge on any atom is 0.416 e. The molecule has 0 bridgehead atoms. The van der Waals surface area contributed by atoms with E-state index in [1.807, 2.05) is 0 Å². The van der Waals surface area contributed by atoms with Gasteiger partial charge in [0.05, 0.1) is 18.2 Å². The van der Waals surface area contributed by atoms with Crippen LogP contribution < -0.4 is 5.32 Å². The van der Waals surface area contributed by atoms with Gasteiger partial charge in [-0.3, -0.25) is 9.69 Å². The van der Waals surface area contributed by atoms with Gasteiger partial charge in [0, 0.05) is 18.6 Å². The number of benzene rings is 1. The molecule has 1 aliphatic heterocycles. The number of rotatable bonds is 4. The van der Waals surface area contributed by atoms with Crippen LogP contribution in [0.3, 0.4) is 0 Å². The average Bonchev–Trinajstić information content (AvgIpc) is 3.20. The zero-order chi connectivity index (χ0) is 16.6. The van der Waals surface area contributed by atoms with E-state index in [9.17, 15) is 23.1 Å². The fourth-order valence-corrected chi connectivity index (χ4v) is 3.01. The van der Waals surface area contributed by atoms with Crippen molar-refractivity contribution in [2.45, 2.75) is 43.6 Å². The summed E-state index contributed by atoms with van der Waals surface area (Å²) in [5.41, 5.74) is -0.227. The summed E-state index contributed by atoms with van der Waals surface area (Å²) in [6, 6.07) is 4.97. The van der Waals surface area contributed by atoms with Crippen molar-refractivity contribution in [2.75, 3.05) is 13.1 Å². The Morgan fingerprint density at radius 2 is 2.09 bits per heavy atom. The van der Waals surface area contributed by atoms with Crippen molar-refractivity contribution in [1.29, 1.82) is 0 Å². The fourth-order valence-electron chi connectivity index (χ4n) is 3.01. The first-order valence-electron chi connectivity index (χ1n) is 7.71. The molecule has 3 rings (SSSR count). The Labute approximate surface area is 132 Å². The number of aliphatic hydroxyl groups excluding tert-OH is 1. The zero-order valence-electron chi connectivity index (χ0n) is 12.5. The lowest BCUT2D eigenvalue weighted by Crippen LogP contribution is -2.38. The smallest absolute Gasteiger partial charge is 0.392 e. The van der Waals surface area contributed by atoms with Crippen molar-refractivity contribution in [1.82, 2.24) is 10.2 Å². The normalized spacial score (nSPS) is 25.6. The largest absolute Gasteiger partial charge is 0.416 e. The van der Waals surface area contributed by atoms with Crippen LogP contribution in [-0.4, -0.2) is 41.1 Å². The molecular formula is C16H19F3N2O2. The quantitative estimate of drug-likeness (QED) is 0.890. The molecule has 2 aliphatic rings. The summed E-state index contributed by atoms with van der Waals surface area (Å²) >= 11 is 0. The number of nitrogens with zero attached hydrogens (tertiary/aromatic N) is 1. The lowest BCUT2D eigenvalue weighted by Gasteiger charge is -2.24. The van der Waals surface area contributed by atoms with Crippen molar-refractivity contribution in [3.8, 4) is 0 Å². The first-order valence-corrected chi connectivity index (χ1v) is 7.71. The van der Waals surface area contributed by atoms with E-state index >= 15 is 0 Å². The number of carbonyl (C=O) groups is 1. The van der Waals surface area contributed by atoms with Gasteiger partial charge in [-0.2, -0.15) is 13.2 Å². The molecule has 4 nitrogen and oxygen atoms in total. The van der Waals surface area contributed by atoms with E-state index < -0.39 is 17.8 Å². The van der Waals surface area contributed by atoms with Crippen LogP contribution in [0.2, 0.25) is 0 Å². The van der Waals surface area contributed by atoms with Crippen molar-refractivity contribution in [3.05, 3.63) is 35.4 Å². The number of alkyl halides is 3. The van der Waals surface area contributed by atoms with Gasteiger partial charge in [0.2, 0.25) is 5.91 Å². The molecule has 1 amide bonds. The first-order chi connectivity index (χ1) is 10.8. The van der Waals surface area contributed by atoms with Crippen LogP contribution in [0.15, 0.2) is 24.3 Å². The summed E-state index contributed by atoms with van der Waals surface area (Å²) in [4.78, 5) is 13.7. The second-order valence-corrected chi connectivity index (χ2v) is 6.30. The number of hydrogen-bond acceptors (Lipinski definition) is 3. The van der Waals surface area contributed by atoms with Crippen molar-refractivity contribution in [2.24, 2.45) is 0 Å². The van der Waals surface area contributed by atoms with Gasteiger partial charge in [-0.15, -0.1) is 0 Å². The number of nitrogens with one attached hydrogen (secondary N) is 1. The van der Waals surface area contributed by atoms with Crippen molar-refractivity contribution in [3.63, 3.8) is 0 Å². The molecule has 1 saturated heterocycles. The van der Waals surface area contributed by atoms with E-state index in [0.717, 1.165) is 25.0 Å². The third kappa shape index (κ3) is 4.03. The number of amides is 1. The number of hydrogen-bond donors (Lipinski definition) is 2. The minimum atomic E-state index is -4.40. The SMILES string of the molecule is O=C(CN1C[C@H](O)C[C@@H]1c1cccc(C(F)(F)F)c1)NC1CC1. The highest BCUT2D eigenvalue weighted by molar-refractivity contribution is 5.78. The van der Waals surface area contributed by atoms with Crippen LogP contribution in [0.4, 0.5) is 13.2 Å². The molecule has 7 heteroatoms. The van der Waals surface area contributed by atoms with Gasteiger partial charge in [0.1, 0.15) is 0 Å². The van der Waals surface area contributed by atoms with E-state index in [4.69, 9.17) is 0 Å². The summed E-state index contributed by atoms with van der Waals surface area (Å²) in [5.74, 6) is -0.140. The third-order valence-corrected chi connectivity index (χ3v) is 4.27. The van der Waals surface area contributed by atoms with Gasteiger partial charge in [-0.25, -0.2) is 0 Å². The van der Waals surface area contributed by atoms with Crippen LogP contribution in [-0.2, 0) is 11.0 Å². The number of halogens is 3. The molecule has 1 aromatic rings. The summed E-state index contributed by atoms with van der Waals surface area (Å²) in [5, 5.41) is 12.7. The molecule has 2 fully saturated rings. The third-order valence-electron chi connectivity index (χ3n) is 4.27. The van der Waals surface area contributed by atoms with Gasteiger partial charge in [-0.1, -0.05) is 12.1 Å². The maximum absolute atomic E-state index is 12.9. The monoisotopic (exact) mass is 328 g/mol. The topological polar surface area (TPSA) is 52.6 Å². The Morgan fingerprint density at radius 1 is 1.35 bits per heavy atom.